The summed E-state index contributed by atoms with van der Waals surface area (Å²) in [6, 6.07) is -0.403. The number of urea groups is 1. The number of nitrogens with one attached hydrogen (secondary N) is 2. The van der Waals surface area contributed by atoms with Crippen LogP contribution in [0.2, 0.25) is 0 Å². The summed E-state index contributed by atoms with van der Waals surface area (Å²) in [4.78, 5) is 22.0. The van der Waals surface area contributed by atoms with Crippen molar-refractivity contribution in [3.63, 3.8) is 0 Å². The van der Waals surface area contributed by atoms with Crippen LogP contribution in [0.3, 0.4) is 0 Å². The van der Waals surface area contributed by atoms with Crippen LogP contribution in [0.5, 0.6) is 0 Å². The predicted molar refractivity (Wildman–Crippen MR) is 64.0 cm³/mol. The first kappa shape index (κ1) is 15.7. The number of carbonyl (C=O) groups is 2. The molecule has 3 N–H and O–H groups in total. The number of carboxylic acid groups (broad SMARTS) is 1. The second-order valence-electron chi connectivity index (χ2n) is 4.73. The molecule has 0 aromatic rings. The smallest absolute Gasteiger partial charge is 0.315 e. The normalized spacial score (nSPS) is 12.9. The van der Waals surface area contributed by atoms with E-state index >= 15 is 0 Å². The molecule has 0 heterocycles. The van der Waals surface area contributed by atoms with Gasteiger partial charge in [-0.2, -0.15) is 0 Å². The molecule has 6 heteroatoms. The van der Waals surface area contributed by atoms with Crippen LogP contribution in [0.15, 0.2) is 0 Å². The zero-order chi connectivity index (χ0) is 13.5. The number of amides is 2. The van der Waals surface area contributed by atoms with Crippen LogP contribution in [0, 0.1) is 0 Å². The molecule has 0 aliphatic heterocycles. The molecule has 1 atom stereocenters. The molecule has 0 aromatic heterocycles. The number of hydrogen-bond acceptors (Lipinski definition) is 3. The van der Waals surface area contributed by atoms with Gasteiger partial charge in [0.15, 0.2) is 0 Å². The van der Waals surface area contributed by atoms with Gasteiger partial charge in [-0.05, 0) is 27.2 Å². The molecule has 1 unspecified atom stereocenters. The quantitative estimate of drug-likeness (QED) is 0.624. The molecule has 6 nitrogen and oxygen atoms in total. The molecule has 0 fully saturated rings. The Balaban J connectivity index is 4.03. The van der Waals surface area contributed by atoms with E-state index in [0.717, 1.165) is 0 Å². The van der Waals surface area contributed by atoms with Crippen LogP contribution in [-0.2, 0) is 9.53 Å². The molecule has 0 spiro atoms. The van der Waals surface area contributed by atoms with E-state index < -0.39 is 11.5 Å². The van der Waals surface area contributed by atoms with E-state index in [4.69, 9.17) is 9.84 Å². The molecule has 0 rings (SSSR count). The lowest BCUT2D eigenvalue weighted by molar-refractivity contribution is -0.137. The second kappa shape index (κ2) is 7.11. The first-order valence-electron chi connectivity index (χ1n) is 5.56. The van der Waals surface area contributed by atoms with Gasteiger partial charge in [-0.1, -0.05) is 0 Å². The fourth-order valence-electron chi connectivity index (χ4n) is 1.34. The molecule has 2 amide bonds. The summed E-state index contributed by atoms with van der Waals surface area (Å²) in [6.45, 7) is 5.84. The lowest BCUT2D eigenvalue weighted by Crippen LogP contribution is -2.51. The summed E-state index contributed by atoms with van der Waals surface area (Å²) in [5.74, 6) is -0.868. The minimum atomic E-state index is -0.868. The fourth-order valence-corrected chi connectivity index (χ4v) is 1.34. The van der Waals surface area contributed by atoms with Crippen molar-refractivity contribution in [3.05, 3.63) is 0 Å². The van der Waals surface area contributed by atoms with Crippen LogP contribution < -0.4 is 10.6 Å². The van der Waals surface area contributed by atoms with Crippen molar-refractivity contribution >= 4 is 12.0 Å². The number of ether oxygens (including phenoxy) is 1. The Hall–Kier alpha value is -1.30. The largest absolute Gasteiger partial charge is 0.481 e. The highest BCUT2D eigenvalue weighted by molar-refractivity contribution is 5.75. The van der Waals surface area contributed by atoms with Gasteiger partial charge in [0.25, 0.3) is 0 Å². The molecule has 0 saturated heterocycles. The van der Waals surface area contributed by atoms with Crippen molar-refractivity contribution < 1.29 is 19.4 Å². The summed E-state index contributed by atoms with van der Waals surface area (Å²) in [6.07, 6.45) is 0.412. The number of carboxylic acids is 1. The Kier molecular flexibility index (Phi) is 6.57. The number of hydrogen-bond donors (Lipinski definition) is 3. The van der Waals surface area contributed by atoms with Gasteiger partial charge >= 0.3 is 12.0 Å². The molecule has 0 saturated carbocycles. The molecular formula is C11H22N2O4. The average Bonchev–Trinajstić information content (AvgIpc) is 2.14. The van der Waals surface area contributed by atoms with Crippen molar-refractivity contribution in [1.29, 1.82) is 0 Å². The van der Waals surface area contributed by atoms with Gasteiger partial charge in [0.05, 0.1) is 12.6 Å². The van der Waals surface area contributed by atoms with Crippen LogP contribution in [-0.4, -0.2) is 42.4 Å². The highest BCUT2D eigenvalue weighted by Gasteiger charge is 2.21. The lowest BCUT2D eigenvalue weighted by atomic mass is 9.99. The van der Waals surface area contributed by atoms with Crippen molar-refractivity contribution in [1.82, 2.24) is 10.6 Å². The van der Waals surface area contributed by atoms with E-state index in [0.29, 0.717) is 13.0 Å². The van der Waals surface area contributed by atoms with Crippen LogP contribution in [0.1, 0.15) is 33.6 Å². The molecule has 17 heavy (non-hydrogen) atoms. The van der Waals surface area contributed by atoms with Crippen LogP contribution in [0.4, 0.5) is 4.79 Å². The standard InChI is InChI=1S/C11H22N2O4/c1-8(7-17-4)12-10(16)13-11(2,3)6-5-9(14)15/h8H,5-7H2,1-4H3,(H,14,15)(H2,12,13,16). The Morgan fingerprint density at radius 1 is 1.41 bits per heavy atom. The van der Waals surface area contributed by atoms with Crippen molar-refractivity contribution in [3.8, 4) is 0 Å². The Labute approximate surface area is 102 Å². The summed E-state index contributed by atoms with van der Waals surface area (Å²) in [5.41, 5.74) is -0.546. The van der Waals surface area contributed by atoms with Gasteiger partial charge in [0.2, 0.25) is 0 Å². The molecule has 0 aliphatic carbocycles. The molecule has 0 aliphatic rings. The van der Waals surface area contributed by atoms with E-state index in [-0.39, 0.29) is 18.5 Å². The summed E-state index contributed by atoms with van der Waals surface area (Å²) in [5, 5.41) is 14.0. The maximum absolute atomic E-state index is 11.6. The average molecular weight is 246 g/mol. The third-order valence-corrected chi connectivity index (χ3v) is 2.21. The Morgan fingerprint density at radius 2 is 2.00 bits per heavy atom. The first-order valence-corrected chi connectivity index (χ1v) is 5.56. The summed E-state index contributed by atoms with van der Waals surface area (Å²) >= 11 is 0. The lowest BCUT2D eigenvalue weighted by Gasteiger charge is -2.26. The summed E-state index contributed by atoms with van der Waals surface area (Å²) in [7, 11) is 1.56. The van der Waals surface area contributed by atoms with Crippen molar-refractivity contribution in [2.24, 2.45) is 0 Å². The molecule has 0 bridgehead atoms. The third kappa shape index (κ3) is 8.50. The van der Waals surface area contributed by atoms with E-state index in [2.05, 4.69) is 10.6 Å². The number of carbonyl (C=O) groups excluding carboxylic acids is 1. The minimum absolute atomic E-state index is 0.0287. The van der Waals surface area contributed by atoms with Gasteiger partial charge < -0.3 is 20.5 Å². The highest BCUT2D eigenvalue weighted by atomic mass is 16.5. The minimum Gasteiger partial charge on any atom is -0.481 e. The van der Waals surface area contributed by atoms with E-state index in [1.807, 2.05) is 6.92 Å². The SMILES string of the molecule is COCC(C)NC(=O)NC(C)(C)CCC(=O)O. The number of aliphatic carboxylic acids is 1. The predicted octanol–water partition coefficient (Wildman–Crippen LogP) is 0.964. The van der Waals surface area contributed by atoms with Gasteiger partial charge in [-0.25, -0.2) is 4.79 Å². The van der Waals surface area contributed by atoms with Gasteiger partial charge in [-0.3, -0.25) is 4.79 Å². The maximum atomic E-state index is 11.6. The van der Waals surface area contributed by atoms with Gasteiger partial charge in [-0.15, -0.1) is 0 Å². The molecule has 100 valence electrons. The Bertz CT molecular complexity index is 266. The molecule has 0 radical (unpaired) electrons. The fraction of sp³-hybridized carbons (Fsp3) is 0.818. The van der Waals surface area contributed by atoms with Crippen molar-refractivity contribution in [2.45, 2.75) is 45.2 Å². The second-order valence-corrected chi connectivity index (χ2v) is 4.73. The zero-order valence-electron chi connectivity index (χ0n) is 10.9. The van der Waals surface area contributed by atoms with Gasteiger partial charge in [0.1, 0.15) is 0 Å². The van der Waals surface area contributed by atoms with E-state index in [1.165, 1.54) is 0 Å². The van der Waals surface area contributed by atoms with Crippen molar-refractivity contribution in [2.75, 3.05) is 13.7 Å². The van der Waals surface area contributed by atoms with Crippen LogP contribution >= 0.6 is 0 Å². The molecular weight excluding hydrogens is 224 g/mol. The monoisotopic (exact) mass is 246 g/mol. The van der Waals surface area contributed by atoms with Crippen LogP contribution in [0.25, 0.3) is 0 Å². The Morgan fingerprint density at radius 3 is 2.47 bits per heavy atom. The number of rotatable bonds is 7. The van der Waals surface area contributed by atoms with Gasteiger partial charge in [0, 0.05) is 19.1 Å². The third-order valence-electron chi connectivity index (χ3n) is 2.21. The van der Waals surface area contributed by atoms with E-state index in [9.17, 15) is 9.59 Å². The topological polar surface area (TPSA) is 87.7 Å². The highest BCUT2D eigenvalue weighted by Crippen LogP contribution is 2.10. The number of methoxy groups -OCH3 is 1. The van der Waals surface area contributed by atoms with E-state index in [1.54, 1.807) is 21.0 Å². The molecule has 0 aromatic carbocycles. The zero-order valence-corrected chi connectivity index (χ0v) is 10.9. The summed E-state index contributed by atoms with van der Waals surface area (Å²) < 4.78 is 4.89. The first-order chi connectivity index (χ1) is 7.76. The maximum Gasteiger partial charge on any atom is 0.315 e.